The Morgan fingerprint density at radius 1 is 1.27 bits per heavy atom. The van der Waals surface area contributed by atoms with Crippen LogP contribution in [-0.4, -0.2) is 51.3 Å². The monoisotopic (exact) mass is 408 g/mol. The van der Waals surface area contributed by atoms with E-state index in [9.17, 15) is 14.4 Å². The van der Waals surface area contributed by atoms with Gasteiger partial charge in [-0.1, -0.05) is 38.0 Å². The molecule has 1 saturated heterocycles. The van der Waals surface area contributed by atoms with E-state index in [1.165, 1.54) is 11.3 Å². The summed E-state index contributed by atoms with van der Waals surface area (Å²) in [7, 11) is 0. The number of carbonyl (C=O) groups excluding carboxylic acids is 3. The fourth-order valence-corrected chi connectivity index (χ4v) is 5.47. The van der Waals surface area contributed by atoms with Gasteiger partial charge in [0, 0.05) is 41.7 Å². The molecule has 2 aromatic rings. The fourth-order valence-electron chi connectivity index (χ4n) is 5.47. The van der Waals surface area contributed by atoms with Crippen molar-refractivity contribution in [2.75, 3.05) is 13.1 Å². The SMILES string of the molecule is Cc1cccc2c3c([nH]c12)CCN(C(=O)CN1C(=O)N[C@]2(CCCC[C@H]2C)C1=O)C3. The van der Waals surface area contributed by atoms with E-state index in [0.29, 0.717) is 19.5 Å². The van der Waals surface area contributed by atoms with E-state index in [0.717, 1.165) is 47.0 Å². The maximum absolute atomic E-state index is 13.2. The van der Waals surface area contributed by atoms with Gasteiger partial charge < -0.3 is 15.2 Å². The second-order valence-electron chi connectivity index (χ2n) is 9.08. The Balaban J connectivity index is 1.34. The standard InChI is InChI=1S/C23H28N4O3/c1-14-6-5-8-16-17-12-26(11-9-18(17)24-20(14)16)19(28)13-27-21(29)23(25-22(27)30)10-4-3-7-15(23)2/h5-6,8,15,24H,3-4,7,9-13H2,1-2H3,(H,25,30)/t15-,23+/m1/s1. The third kappa shape index (κ3) is 2.75. The van der Waals surface area contributed by atoms with Crippen LogP contribution in [0, 0.1) is 12.8 Å². The molecule has 7 nitrogen and oxygen atoms in total. The van der Waals surface area contributed by atoms with Crippen molar-refractivity contribution in [1.82, 2.24) is 20.1 Å². The lowest BCUT2D eigenvalue weighted by Crippen LogP contribution is -2.54. The van der Waals surface area contributed by atoms with E-state index in [4.69, 9.17) is 0 Å². The minimum atomic E-state index is -0.820. The Bertz CT molecular complexity index is 1060. The van der Waals surface area contributed by atoms with Crippen LogP contribution >= 0.6 is 0 Å². The number of aromatic nitrogens is 1. The second-order valence-corrected chi connectivity index (χ2v) is 9.08. The summed E-state index contributed by atoms with van der Waals surface area (Å²) in [6, 6.07) is 5.76. The molecule has 30 heavy (non-hydrogen) atoms. The lowest BCUT2D eigenvalue weighted by atomic mass is 9.73. The zero-order valence-electron chi connectivity index (χ0n) is 17.6. The molecule has 1 spiro atoms. The van der Waals surface area contributed by atoms with Crippen molar-refractivity contribution in [2.45, 2.75) is 58.0 Å². The zero-order valence-corrected chi connectivity index (χ0v) is 17.6. The number of fused-ring (bicyclic) bond motifs is 3. The van der Waals surface area contributed by atoms with Crippen molar-refractivity contribution < 1.29 is 14.4 Å². The topological polar surface area (TPSA) is 85.5 Å². The largest absolute Gasteiger partial charge is 0.358 e. The molecule has 1 aromatic heterocycles. The van der Waals surface area contributed by atoms with Gasteiger partial charge in [-0.15, -0.1) is 0 Å². The normalized spacial score (nSPS) is 26.4. The van der Waals surface area contributed by atoms with Crippen molar-refractivity contribution in [1.29, 1.82) is 0 Å². The summed E-state index contributed by atoms with van der Waals surface area (Å²) in [5, 5.41) is 4.08. The Morgan fingerprint density at radius 3 is 2.90 bits per heavy atom. The molecule has 158 valence electrons. The molecule has 0 bridgehead atoms. The number of hydrogen-bond donors (Lipinski definition) is 2. The van der Waals surface area contributed by atoms with Crippen LogP contribution < -0.4 is 5.32 Å². The highest BCUT2D eigenvalue weighted by atomic mass is 16.2. The highest BCUT2D eigenvalue weighted by Gasteiger charge is 2.55. The molecule has 0 unspecified atom stereocenters. The molecule has 1 aliphatic carbocycles. The van der Waals surface area contributed by atoms with Gasteiger partial charge in [0.25, 0.3) is 5.91 Å². The molecule has 2 aliphatic heterocycles. The average molecular weight is 409 g/mol. The summed E-state index contributed by atoms with van der Waals surface area (Å²) in [5.41, 5.74) is 3.81. The van der Waals surface area contributed by atoms with Gasteiger partial charge in [0.1, 0.15) is 12.1 Å². The Morgan fingerprint density at radius 2 is 2.10 bits per heavy atom. The van der Waals surface area contributed by atoms with Crippen molar-refractivity contribution >= 4 is 28.7 Å². The third-order valence-electron chi connectivity index (χ3n) is 7.37. The summed E-state index contributed by atoms with van der Waals surface area (Å²) < 4.78 is 0. The van der Waals surface area contributed by atoms with Crippen molar-refractivity contribution in [3.05, 3.63) is 35.0 Å². The van der Waals surface area contributed by atoms with Gasteiger partial charge in [-0.3, -0.25) is 14.5 Å². The fraction of sp³-hybridized carbons (Fsp3) is 0.522. The van der Waals surface area contributed by atoms with Gasteiger partial charge in [-0.05, 0) is 31.2 Å². The van der Waals surface area contributed by atoms with Crippen LogP contribution in [0.5, 0.6) is 0 Å². The molecule has 4 amide bonds. The van der Waals surface area contributed by atoms with Crippen molar-refractivity contribution in [3.8, 4) is 0 Å². The molecule has 2 atom stereocenters. The summed E-state index contributed by atoms with van der Waals surface area (Å²) in [4.78, 5) is 45.3. The predicted octanol–water partition coefficient (Wildman–Crippen LogP) is 2.86. The number of para-hydroxylation sites is 1. The minimum absolute atomic E-state index is 0.0924. The number of aromatic amines is 1. The number of imide groups is 1. The van der Waals surface area contributed by atoms with E-state index < -0.39 is 11.6 Å². The number of carbonyl (C=O) groups is 3. The van der Waals surface area contributed by atoms with Gasteiger partial charge in [-0.25, -0.2) is 4.79 Å². The Kier molecular flexibility index (Phi) is 4.38. The first kappa shape index (κ1) is 19.2. The van der Waals surface area contributed by atoms with Gasteiger partial charge in [0.05, 0.1) is 0 Å². The number of benzene rings is 1. The molecule has 3 heterocycles. The number of H-pyrrole nitrogens is 1. The number of nitrogens with zero attached hydrogens (tertiary/aromatic N) is 2. The van der Waals surface area contributed by atoms with E-state index in [1.807, 2.05) is 13.0 Å². The quantitative estimate of drug-likeness (QED) is 0.750. The smallest absolute Gasteiger partial charge is 0.325 e. The number of aryl methyl sites for hydroxylation is 1. The van der Waals surface area contributed by atoms with Crippen LogP contribution in [0.15, 0.2) is 18.2 Å². The van der Waals surface area contributed by atoms with Gasteiger partial charge >= 0.3 is 6.03 Å². The van der Waals surface area contributed by atoms with Crippen molar-refractivity contribution in [2.24, 2.45) is 5.92 Å². The van der Waals surface area contributed by atoms with Crippen LogP contribution in [0.4, 0.5) is 4.79 Å². The maximum Gasteiger partial charge on any atom is 0.325 e. The Hall–Kier alpha value is -2.83. The first-order valence-corrected chi connectivity index (χ1v) is 10.9. The highest BCUT2D eigenvalue weighted by molar-refractivity contribution is 6.09. The van der Waals surface area contributed by atoms with Crippen LogP contribution in [0.25, 0.3) is 10.9 Å². The molecule has 1 aromatic carbocycles. The molecular weight excluding hydrogens is 380 g/mol. The molecule has 2 fully saturated rings. The number of hydrogen-bond acceptors (Lipinski definition) is 3. The maximum atomic E-state index is 13.2. The van der Waals surface area contributed by atoms with E-state index >= 15 is 0 Å². The molecule has 3 aliphatic rings. The van der Waals surface area contributed by atoms with Crippen molar-refractivity contribution in [3.63, 3.8) is 0 Å². The van der Waals surface area contributed by atoms with Gasteiger partial charge in [0.2, 0.25) is 5.91 Å². The lowest BCUT2D eigenvalue weighted by molar-refractivity contribution is -0.141. The van der Waals surface area contributed by atoms with Crippen LogP contribution in [0.1, 0.15) is 49.4 Å². The molecule has 7 heteroatoms. The predicted molar refractivity (Wildman–Crippen MR) is 113 cm³/mol. The first-order chi connectivity index (χ1) is 14.4. The summed E-state index contributed by atoms with van der Waals surface area (Å²) in [6.07, 6.45) is 4.32. The summed E-state index contributed by atoms with van der Waals surface area (Å²) >= 11 is 0. The Labute approximate surface area is 175 Å². The van der Waals surface area contributed by atoms with Gasteiger partial charge in [-0.2, -0.15) is 0 Å². The highest BCUT2D eigenvalue weighted by Crippen LogP contribution is 2.38. The van der Waals surface area contributed by atoms with E-state index in [2.05, 4.69) is 29.4 Å². The third-order valence-corrected chi connectivity index (χ3v) is 7.37. The average Bonchev–Trinajstić information content (AvgIpc) is 3.22. The number of nitrogens with one attached hydrogen (secondary N) is 2. The zero-order chi connectivity index (χ0) is 21.0. The summed E-state index contributed by atoms with van der Waals surface area (Å²) in [6.45, 7) is 5.00. The molecule has 0 radical (unpaired) electrons. The molecular formula is C23H28N4O3. The van der Waals surface area contributed by atoms with Gasteiger partial charge in [0.15, 0.2) is 0 Å². The molecule has 1 saturated carbocycles. The molecule has 5 rings (SSSR count). The second kappa shape index (κ2) is 6.86. The van der Waals surface area contributed by atoms with Crippen LogP contribution in [0.3, 0.4) is 0 Å². The molecule has 2 N–H and O–H groups in total. The summed E-state index contributed by atoms with van der Waals surface area (Å²) in [5.74, 6) is -0.310. The van der Waals surface area contributed by atoms with Crippen LogP contribution in [0.2, 0.25) is 0 Å². The first-order valence-electron chi connectivity index (χ1n) is 10.9. The van der Waals surface area contributed by atoms with E-state index in [-0.39, 0.29) is 24.3 Å². The van der Waals surface area contributed by atoms with E-state index in [1.54, 1.807) is 4.90 Å². The minimum Gasteiger partial charge on any atom is -0.358 e. The number of rotatable bonds is 2. The lowest BCUT2D eigenvalue weighted by Gasteiger charge is -2.37. The number of urea groups is 1. The van der Waals surface area contributed by atoms with Crippen LogP contribution in [-0.2, 0) is 22.6 Å². The number of amides is 4.